The highest BCUT2D eigenvalue weighted by molar-refractivity contribution is 9.10. The highest BCUT2D eigenvalue weighted by Gasteiger charge is 2.19. The van der Waals surface area contributed by atoms with Crippen LogP contribution in [0.1, 0.15) is 18.7 Å². The van der Waals surface area contributed by atoms with Crippen molar-refractivity contribution in [1.82, 2.24) is 14.7 Å². The second-order valence-electron chi connectivity index (χ2n) is 4.39. The summed E-state index contributed by atoms with van der Waals surface area (Å²) in [6.07, 6.45) is 3.40. The molecular weight excluding hydrogens is 302 g/mol. The molecular formula is C12H13BrClN3. The monoisotopic (exact) mass is 313 g/mol. The van der Waals surface area contributed by atoms with Crippen LogP contribution in [-0.4, -0.2) is 22.0 Å². The van der Waals surface area contributed by atoms with Gasteiger partial charge in [-0.2, -0.15) is 0 Å². The third-order valence-corrected chi connectivity index (χ3v) is 4.13. The number of aromatic nitrogens is 2. The maximum absolute atomic E-state index is 6.16. The highest BCUT2D eigenvalue weighted by Crippen LogP contribution is 2.24. The molecule has 0 spiro atoms. The van der Waals surface area contributed by atoms with Gasteiger partial charge in [0, 0.05) is 12.5 Å². The molecule has 17 heavy (non-hydrogen) atoms. The minimum Gasteiger partial charge on any atom is -0.314 e. The topological polar surface area (TPSA) is 29.3 Å². The van der Waals surface area contributed by atoms with Gasteiger partial charge in [0.15, 0.2) is 5.15 Å². The standard InChI is InChI=1S/C12H13BrClN3/c13-10-5-1-4-9-12(14)16-11(17(9)10)7-8-3-2-6-15-8/h1,4-5,8,15H,2-3,6-7H2. The largest absolute Gasteiger partial charge is 0.314 e. The van der Waals surface area contributed by atoms with Crippen molar-refractivity contribution in [2.75, 3.05) is 6.54 Å². The predicted octanol–water partition coefficient (Wildman–Crippen LogP) is 3.04. The van der Waals surface area contributed by atoms with Gasteiger partial charge in [0.05, 0.1) is 10.1 Å². The fourth-order valence-electron chi connectivity index (χ4n) is 2.41. The average molecular weight is 315 g/mol. The molecule has 0 aliphatic carbocycles. The zero-order valence-electron chi connectivity index (χ0n) is 9.29. The molecule has 1 atom stereocenters. The van der Waals surface area contributed by atoms with Crippen molar-refractivity contribution in [2.24, 2.45) is 0 Å². The van der Waals surface area contributed by atoms with Crippen LogP contribution in [0.15, 0.2) is 22.8 Å². The summed E-state index contributed by atoms with van der Waals surface area (Å²) in [7, 11) is 0. The van der Waals surface area contributed by atoms with Crippen molar-refractivity contribution in [3.05, 3.63) is 33.8 Å². The number of fused-ring (bicyclic) bond motifs is 1. The Bertz CT molecular complexity index is 546. The number of pyridine rings is 1. The highest BCUT2D eigenvalue weighted by atomic mass is 79.9. The van der Waals surface area contributed by atoms with E-state index in [1.807, 2.05) is 18.2 Å². The van der Waals surface area contributed by atoms with Gasteiger partial charge >= 0.3 is 0 Å². The number of rotatable bonds is 2. The Morgan fingerprint density at radius 1 is 1.53 bits per heavy atom. The van der Waals surface area contributed by atoms with Gasteiger partial charge in [-0.15, -0.1) is 0 Å². The van der Waals surface area contributed by atoms with Crippen molar-refractivity contribution >= 4 is 33.0 Å². The van der Waals surface area contributed by atoms with E-state index < -0.39 is 0 Å². The van der Waals surface area contributed by atoms with E-state index in [0.29, 0.717) is 11.2 Å². The summed E-state index contributed by atoms with van der Waals surface area (Å²) in [5.41, 5.74) is 0.967. The van der Waals surface area contributed by atoms with E-state index in [4.69, 9.17) is 11.6 Å². The molecule has 0 bridgehead atoms. The predicted molar refractivity (Wildman–Crippen MR) is 72.6 cm³/mol. The number of hydrogen-bond acceptors (Lipinski definition) is 2. The molecule has 90 valence electrons. The van der Waals surface area contributed by atoms with Crippen molar-refractivity contribution in [1.29, 1.82) is 0 Å². The van der Waals surface area contributed by atoms with Crippen LogP contribution in [0.2, 0.25) is 5.15 Å². The van der Waals surface area contributed by atoms with E-state index in [-0.39, 0.29) is 0 Å². The molecule has 1 unspecified atom stereocenters. The molecule has 1 fully saturated rings. The zero-order valence-corrected chi connectivity index (χ0v) is 11.6. The normalized spacial score (nSPS) is 20.2. The Morgan fingerprint density at radius 2 is 2.41 bits per heavy atom. The minimum atomic E-state index is 0.531. The molecule has 0 saturated carbocycles. The Balaban J connectivity index is 2.03. The molecule has 1 aliphatic heterocycles. The fourth-order valence-corrected chi connectivity index (χ4v) is 3.21. The lowest BCUT2D eigenvalue weighted by Gasteiger charge is -2.09. The van der Waals surface area contributed by atoms with Crippen LogP contribution in [0.4, 0.5) is 0 Å². The summed E-state index contributed by atoms with van der Waals surface area (Å²) in [6.45, 7) is 1.11. The van der Waals surface area contributed by atoms with Crippen LogP contribution in [-0.2, 0) is 6.42 Å². The SMILES string of the molecule is Clc1nc(CC2CCCN2)n2c(Br)cccc12. The van der Waals surface area contributed by atoms with Gasteiger partial charge in [0.2, 0.25) is 0 Å². The smallest absolute Gasteiger partial charge is 0.155 e. The number of imidazole rings is 1. The number of halogens is 2. The third-order valence-electron chi connectivity index (χ3n) is 3.23. The summed E-state index contributed by atoms with van der Waals surface area (Å²) >= 11 is 9.72. The molecule has 0 radical (unpaired) electrons. The van der Waals surface area contributed by atoms with Gasteiger partial charge < -0.3 is 5.32 Å². The number of nitrogens with one attached hydrogen (secondary N) is 1. The van der Waals surface area contributed by atoms with E-state index in [1.54, 1.807) is 0 Å². The van der Waals surface area contributed by atoms with Gasteiger partial charge in [0.1, 0.15) is 5.82 Å². The van der Waals surface area contributed by atoms with Crippen LogP contribution in [0, 0.1) is 0 Å². The third kappa shape index (κ3) is 2.09. The quantitative estimate of drug-likeness (QED) is 0.863. The maximum Gasteiger partial charge on any atom is 0.155 e. The van der Waals surface area contributed by atoms with Crippen LogP contribution in [0.3, 0.4) is 0 Å². The van der Waals surface area contributed by atoms with Gasteiger partial charge in [-0.05, 0) is 47.4 Å². The first-order chi connectivity index (χ1) is 8.25. The van der Waals surface area contributed by atoms with Gasteiger partial charge in [-0.25, -0.2) is 4.98 Å². The lowest BCUT2D eigenvalue weighted by Crippen LogP contribution is -2.24. The molecule has 3 nitrogen and oxygen atoms in total. The molecule has 0 aromatic carbocycles. The van der Waals surface area contributed by atoms with Crippen molar-refractivity contribution < 1.29 is 0 Å². The van der Waals surface area contributed by atoms with Crippen LogP contribution < -0.4 is 5.32 Å². The van der Waals surface area contributed by atoms with Crippen molar-refractivity contribution in [3.8, 4) is 0 Å². The summed E-state index contributed by atoms with van der Waals surface area (Å²) < 4.78 is 3.09. The second kappa shape index (κ2) is 4.59. The minimum absolute atomic E-state index is 0.531. The van der Waals surface area contributed by atoms with Crippen LogP contribution in [0.5, 0.6) is 0 Å². The summed E-state index contributed by atoms with van der Waals surface area (Å²) in [5, 5.41) is 4.07. The molecule has 3 heterocycles. The van der Waals surface area contributed by atoms with Gasteiger partial charge in [-0.3, -0.25) is 4.40 Å². The fraction of sp³-hybridized carbons (Fsp3) is 0.417. The molecule has 1 saturated heterocycles. The van der Waals surface area contributed by atoms with E-state index >= 15 is 0 Å². The first kappa shape index (κ1) is 11.5. The Hall–Kier alpha value is -0.580. The number of nitrogens with zero attached hydrogens (tertiary/aromatic N) is 2. The van der Waals surface area contributed by atoms with E-state index in [1.165, 1.54) is 12.8 Å². The van der Waals surface area contributed by atoms with Gasteiger partial charge in [0.25, 0.3) is 0 Å². The molecule has 3 rings (SSSR count). The zero-order chi connectivity index (χ0) is 11.8. The maximum atomic E-state index is 6.16. The molecule has 1 N–H and O–H groups in total. The lowest BCUT2D eigenvalue weighted by atomic mass is 10.1. The van der Waals surface area contributed by atoms with Crippen molar-refractivity contribution in [2.45, 2.75) is 25.3 Å². The molecule has 0 amide bonds. The van der Waals surface area contributed by atoms with E-state index in [9.17, 15) is 0 Å². The Morgan fingerprint density at radius 3 is 3.18 bits per heavy atom. The van der Waals surface area contributed by atoms with E-state index in [0.717, 1.165) is 28.9 Å². The summed E-state index contributed by atoms with van der Waals surface area (Å²) in [4.78, 5) is 4.47. The number of hydrogen-bond donors (Lipinski definition) is 1. The Kier molecular flexibility index (Phi) is 3.11. The van der Waals surface area contributed by atoms with Gasteiger partial charge in [-0.1, -0.05) is 17.7 Å². The Labute approximate surface area is 113 Å². The van der Waals surface area contributed by atoms with E-state index in [2.05, 4.69) is 30.6 Å². The van der Waals surface area contributed by atoms with Crippen LogP contribution in [0.25, 0.3) is 5.52 Å². The first-order valence-electron chi connectivity index (χ1n) is 5.80. The molecule has 1 aliphatic rings. The first-order valence-corrected chi connectivity index (χ1v) is 6.97. The summed E-state index contributed by atoms with van der Waals surface area (Å²) in [6, 6.07) is 6.51. The molecule has 2 aromatic rings. The van der Waals surface area contributed by atoms with Crippen molar-refractivity contribution in [3.63, 3.8) is 0 Å². The van der Waals surface area contributed by atoms with Crippen LogP contribution >= 0.6 is 27.5 Å². The average Bonchev–Trinajstić information content (AvgIpc) is 2.90. The lowest BCUT2D eigenvalue weighted by molar-refractivity contribution is 0.583. The summed E-state index contributed by atoms with van der Waals surface area (Å²) in [5.74, 6) is 1.02. The second-order valence-corrected chi connectivity index (χ2v) is 5.56. The molecule has 2 aromatic heterocycles. The molecule has 5 heteroatoms.